The number of amidine groups is 1. The highest BCUT2D eigenvalue weighted by Gasteiger charge is 2.18. The lowest BCUT2D eigenvalue weighted by molar-refractivity contribution is 0.628. The van der Waals surface area contributed by atoms with Crippen LogP contribution in [0, 0.1) is 5.82 Å². The second kappa shape index (κ2) is 5.19. The van der Waals surface area contributed by atoms with Crippen LogP contribution in [0.5, 0.6) is 0 Å². The van der Waals surface area contributed by atoms with E-state index in [1.54, 1.807) is 17.8 Å². The maximum absolute atomic E-state index is 13.1. The minimum atomic E-state index is -0.249. The number of anilines is 1. The van der Waals surface area contributed by atoms with Gasteiger partial charge in [-0.2, -0.15) is 0 Å². The Balaban J connectivity index is 2.07. The summed E-state index contributed by atoms with van der Waals surface area (Å²) in [6.45, 7) is 2.99. The van der Waals surface area contributed by atoms with Crippen LogP contribution in [0.1, 0.15) is 13.3 Å². The van der Waals surface area contributed by atoms with Crippen LogP contribution in [-0.4, -0.2) is 17.0 Å². The normalized spacial score (nSPS) is 19.7. The van der Waals surface area contributed by atoms with Crippen molar-refractivity contribution in [3.05, 3.63) is 28.5 Å². The van der Waals surface area contributed by atoms with E-state index >= 15 is 0 Å². The summed E-state index contributed by atoms with van der Waals surface area (Å²) in [6.07, 6.45) is 1.10. The lowest BCUT2D eigenvalue weighted by Crippen LogP contribution is -2.07. The summed E-state index contributed by atoms with van der Waals surface area (Å²) < 4.78 is 13.9. The molecule has 1 atom stereocenters. The third-order valence-electron chi connectivity index (χ3n) is 2.34. The number of aliphatic imine (C=N–C) groups is 1. The van der Waals surface area contributed by atoms with E-state index in [4.69, 9.17) is 0 Å². The lowest BCUT2D eigenvalue weighted by Gasteiger charge is -2.08. The molecule has 0 aromatic heterocycles. The van der Waals surface area contributed by atoms with Crippen LogP contribution < -0.4 is 5.32 Å². The summed E-state index contributed by atoms with van der Waals surface area (Å²) in [5, 5.41) is 4.56. The fraction of sp³-hybridized carbons (Fsp3) is 0.364. The molecule has 1 heterocycles. The predicted octanol–water partition coefficient (Wildman–Crippen LogP) is 3.88. The van der Waals surface area contributed by atoms with E-state index in [0.29, 0.717) is 5.25 Å². The SMILES string of the molecule is CCC1CN=C(Nc2cc(F)ccc2Br)S1. The number of thioether (sulfide) groups is 1. The van der Waals surface area contributed by atoms with E-state index in [2.05, 4.69) is 33.2 Å². The molecule has 2 nitrogen and oxygen atoms in total. The van der Waals surface area contributed by atoms with Gasteiger partial charge in [0, 0.05) is 9.72 Å². The molecule has 0 amide bonds. The molecule has 2 rings (SSSR count). The summed E-state index contributed by atoms with van der Waals surface area (Å²) in [5.74, 6) is -0.249. The minimum Gasteiger partial charge on any atom is -0.334 e. The number of nitrogens with zero attached hydrogens (tertiary/aromatic N) is 1. The van der Waals surface area contributed by atoms with Crippen molar-refractivity contribution in [3.63, 3.8) is 0 Å². The van der Waals surface area contributed by atoms with Gasteiger partial charge < -0.3 is 5.32 Å². The third kappa shape index (κ3) is 2.77. The van der Waals surface area contributed by atoms with Gasteiger partial charge in [-0.15, -0.1) is 0 Å². The fourth-order valence-electron chi connectivity index (χ4n) is 1.41. The van der Waals surface area contributed by atoms with E-state index in [0.717, 1.165) is 28.3 Å². The van der Waals surface area contributed by atoms with Gasteiger partial charge in [-0.1, -0.05) is 18.7 Å². The summed E-state index contributed by atoms with van der Waals surface area (Å²) in [5.41, 5.74) is 0.725. The van der Waals surface area contributed by atoms with Gasteiger partial charge in [0.15, 0.2) is 5.17 Å². The highest BCUT2D eigenvalue weighted by molar-refractivity contribution is 9.10. The third-order valence-corrected chi connectivity index (χ3v) is 4.30. The first kappa shape index (κ1) is 11.9. The minimum absolute atomic E-state index is 0.249. The molecule has 1 unspecified atom stereocenters. The average molecular weight is 303 g/mol. The Morgan fingerprint density at radius 1 is 1.62 bits per heavy atom. The van der Waals surface area contributed by atoms with Crippen LogP contribution in [-0.2, 0) is 0 Å². The number of rotatable bonds is 2. The fourth-order valence-corrected chi connectivity index (χ4v) is 2.70. The van der Waals surface area contributed by atoms with E-state index < -0.39 is 0 Å². The summed E-state index contributed by atoms with van der Waals surface area (Å²) >= 11 is 5.09. The van der Waals surface area contributed by atoms with Crippen LogP contribution in [0.15, 0.2) is 27.7 Å². The molecule has 16 heavy (non-hydrogen) atoms. The van der Waals surface area contributed by atoms with Crippen molar-refractivity contribution in [3.8, 4) is 0 Å². The molecule has 5 heteroatoms. The van der Waals surface area contributed by atoms with Gasteiger partial charge in [-0.25, -0.2) is 4.39 Å². The van der Waals surface area contributed by atoms with Crippen LogP contribution in [0.4, 0.5) is 10.1 Å². The average Bonchev–Trinajstić information content (AvgIpc) is 2.71. The zero-order valence-corrected chi connectivity index (χ0v) is 11.2. The molecule has 1 aliphatic heterocycles. The standard InChI is InChI=1S/C11H12BrFN2S/c1-2-8-6-14-11(16-8)15-10-5-7(13)3-4-9(10)12/h3-5,8H,2,6H2,1H3,(H,14,15). The van der Waals surface area contributed by atoms with Crippen LogP contribution in [0.2, 0.25) is 0 Å². The molecule has 0 saturated carbocycles. The zero-order valence-electron chi connectivity index (χ0n) is 8.84. The topological polar surface area (TPSA) is 24.4 Å². The number of hydrogen-bond donors (Lipinski definition) is 1. The van der Waals surface area contributed by atoms with Gasteiger partial charge in [0.05, 0.1) is 12.2 Å². The molecule has 0 radical (unpaired) electrons. The predicted molar refractivity (Wildman–Crippen MR) is 71.7 cm³/mol. The van der Waals surface area contributed by atoms with Gasteiger partial charge in [0.2, 0.25) is 0 Å². The molecule has 0 bridgehead atoms. The van der Waals surface area contributed by atoms with Gasteiger partial charge in [-0.05, 0) is 40.5 Å². The maximum Gasteiger partial charge on any atom is 0.161 e. The van der Waals surface area contributed by atoms with Crippen molar-refractivity contribution in [2.45, 2.75) is 18.6 Å². The molecule has 0 aliphatic carbocycles. The van der Waals surface area contributed by atoms with Crippen molar-refractivity contribution >= 4 is 38.5 Å². The van der Waals surface area contributed by atoms with Gasteiger partial charge in [-0.3, -0.25) is 4.99 Å². The molecule has 0 saturated heterocycles. The summed E-state index contributed by atoms with van der Waals surface area (Å²) in [6, 6.07) is 4.58. The summed E-state index contributed by atoms with van der Waals surface area (Å²) in [7, 11) is 0. The van der Waals surface area contributed by atoms with Crippen LogP contribution in [0.3, 0.4) is 0 Å². The zero-order chi connectivity index (χ0) is 11.5. The summed E-state index contributed by atoms with van der Waals surface area (Å²) in [4.78, 5) is 4.38. The molecule has 1 aliphatic rings. The van der Waals surface area contributed by atoms with Crippen molar-refractivity contribution in [2.24, 2.45) is 4.99 Å². The molecule has 1 aromatic carbocycles. The second-order valence-electron chi connectivity index (χ2n) is 3.54. The Morgan fingerprint density at radius 3 is 3.12 bits per heavy atom. The van der Waals surface area contributed by atoms with E-state index in [1.165, 1.54) is 12.1 Å². The van der Waals surface area contributed by atoms with Crippen molar-refractivity contribution in [2.75, 3.05) is 11.9 Å². The first-order valence-electron chi connectivity index (χ1n) is 5.12. The number of hydrogen-bond acceptors (Lipinski definition) is 3. The number of halogens is 2. The van der Waals surface area contributed by atoms with Gasteiger partial charge in [0.25, 0.3) is 0 Å². The van der Waals surface area contributed by atoms with E-state index in [-0.39, 0.29) is 5.82 Å². The number of benzene rings is 1. The quantitative estimate of drug-likeness (QED) is 0.896. The van der Waals surface area contributed by atoms with Gasteiger partial charge >= 0.3 is 0 Å². The Hall–Kier alpha value is -0.550. The first-order valence-corrected chi connectivity index (χ1v) is 6.79. The molecular formula is C11H12BrFN2S. The Labute approximate surface area is 107 Å². The maximum atomic E-state index is 13.1. The monoisotopic (exact) mass is 302 g/mol. The molecule has 86 valence electrons. The Morgan fingerprint density at radius 2 is 2.44 bits per heavy atom. The molecular weight excluding hydrogens is 291 g/mol. The Bertz CT molecular complexity index is 422. The van der Waals surface area contributed by atoms with Gasteiger partial charge in [0.1, 0.15) is 5.82 Å². The molecule has 0 fully saturated rings. The smallest absolute Gasteiger partial charge is 0.161 e. The molecule has 0 spiro atoms. The first-order chi connectivity index (χ1) is 7.69. The van der Waals surface area contributed by atoms with Crippen LogP contribution >= 0.6 is 27.7 Å². The molecule has 1 aromatic rings. The highest BCUT2D eigenvalue weighted by atomic mass is 79.9. The lowest BCUT2D eigenvalue weighted by atomic mass is 10.3. The van der Waals surface area contributed by atoms with E-state index in [1.807, 2.05) is 0 Å². The number of nitrogens with one attached hydrogen (secondary N) is 1. The second-order valence-corrected chi connectivity index (χ2v) is 5.69. The highest BCUT2D eigenvalue weighted by Crippen LogP contribution is 2.28. The van der Waals surface area contributed by atoms with Crippen LogP contribution in [0.25, 0.3) is 0 Å². The van der Waals surface area contributed by atoms with Crippen molar-refractivity contribution in [1.29, 1.82) is 0 Å². The van der Waals surface area contributed by atoms with E-state index in [9.17, 15) is 4.39 Å². The van der Waals surface area contributed by atoms with Crippen molar-refractivity contribution < 1.29 is 4.39 Å². The van der Waals surface area contributed by atoms with Crippen molar-refractivity contribution in [1.82, 2.24) is 0 Å². The Kier molecular flexibility index (Phi) is 3.86. The largest absolute Gasteiger partial charge is 0.334 e. The molecule has 1 N–H and O–H groups in total.